The largest absolute Gasteiger partial charge is 0.506 e. The third kappa shape index (κ3) is 2.67. The SMILES string of the molecule is O=c1cn[nH]c(=S)n1/N=C\c1cc(Cl)c(O)c(Cl)c1O. The van der Waals surface area contributed by atoms with Gasteiger partial charge in [-0.3, -0.25) is 9.89 Å². The number of aromatic amines is 1. The Morgan fingerprint density at radius 3 is 2.75 bits per heavy atom. The first kappa shape index (κ1) is 14.5. The molecule has 0 amide bonds. The number of aromatic nitrogens is 3. The molecule has 20 heavy (non-hydrogen) atoms. The van der Waals surface area contributed by atoms with Gasteiger partial charge in [-0.15, -0.1) is 0 Å². The molecule has 0 atom stereocenters. The standard InChI is InChI=1S/C10H6Cl2N4O3S/c11-5-1-4(8(18)7(12)9(5)19)2-14-16-6(17)3-13-15-10(16)20/h1-3,18-19H,(H,15,20)/b14-2-. The van der Waals surface area contributed by atoms with Gasteiger partial charge in [0.25, 0.3) is 5.56 Å². The summed E-state index contributed by atoms with van der Waals surface area (Å²) in [5.41, 5.74) is -0.448. The second kappa shape index (κ2) is 5.61. The lowest BCUT2D eigenvalue weighted by Crippen LogP contribution is -2.18. The minimum absolute atomic E-state index is 0.0239. The van der Waals surface area contributed by atoms with Crippen LogP contribution >= 0.6 is 35.4 Å². The molecule has 104 valence electrons. The van der Waals surface area contributed by atoms with Gasteiger partial charge in [-0.05, 0) is 18.3 Å². The van der Waals surface area contributed by atoms with Crippen molar-refractivity contribution in [1.29, 1.82) is 0 Å². The van der Waals surface area contributed by atoms with E-state index in [0.717, 1.165) is 17.1 Å². The minimum atomic E-state index is -0.555. The first-order valence-electron chi connectivity index (χ1n) is 5.03. The van der Waals surface area contributed by atoms with E-state index in [2.05, 4.69) is 15.3 Å². The lowest BCUT2D eigenvalue weighted by Gasteiger charge is -2.05. The van der Waals surface area contributed by atoms with Crippen LogP contribution in [0.2, 0.25) is 10.0 Å². The predicted octanol–water partition coefficient (Wildman–Crippen LogP) is 1.90. The molecule has 0 unspecified atom stereocenters. The number of nitrogens with zero attached hydrogens (tertiary/aromatic N) is 3. The molecule has 0 aliphatic heterocycles. The summed E-state index contributed by atoms with van der Waals surface area (Å²) < 4.78 is 0.834. The van der Waals surface area contributed by atoms with E-state index in [1.54, 1.807) is 0 Å². The number of aromatic hydroxyl groups is 2. The number of halogens is 2. The van der Waals surface area contributed by atoms with Gasteiger partial charge in [-0.1, -0.05) is 23.2 Å². The molecular formula is C10H6Cl2N4O3S. The van der Waals surface area contributed by atoms with Crippen molar-refractivity contribution in [3.63, 3.8) is 0 Å². The Bertz CT molecular complexity index is 787. The first-order valence-corrected chi connectivity index (χ1v) is 6.19. The summed E-state index contributed by atoms with van der Waals surface area (Å²) in [6.07, 6.45) is 2.11. The second-order valence-electron chi connectivity index (χ2n) is 3.53. The fraction of sp³-hybridized carbons (Fsp3) is 0. The van der Waals surface area contributed by atoms with Gasteiger partial charge in [-0.2, -0.15) is 14.9 Å². The number of rotatable bonds is 2. The molecule has 1 heterocycles. The van der Waals surface area contributed by atoms with Crippen molar-refractivity contribution >= 4 is 41.6 Å². The van der Waals surface area contributed by atoms with Crippen molar-refractivity contribution in [1.82, 2.24) is 14.9 Å². The monoisotopic (exact) mass is 332 g/mol. The van der Waals surface area contributed by atoms with Crippen molar-refractivity contribution in [3.05, 3.63) is 43.0 Å². The summed E-state index contributed by atoms with van der Waals surface area (Å²) in [6, 6.07) is 1.24. The fourth-order valence-corrected chi connectivity index (χ4v) is 1.95. The van der Waals surface area contributed by atoms with Crippen LogP contribution in [0.4, 0.5) is 0 Å². The number of H-pyrrole nitrogens is 1. The van der Waals surface area contributed by atoms with Gasteiger partial charge in [0.05, 0.1) is 11.2 Å². The molecule has 1 aromatic carbocycles. The molecule has 0 aliphatic carbocycles. The predicted molar refractivity (Wildman–Crippen MR) is 76.5 cm³/mol. The quantitative estimate of drug-likeness (QED) is 0.575. The van der Waals surface area contributed by atoms with Gasteiger partial charge in [0.15, 0.2) is 5.75 Å². The van der Waals surface area contributed by atoms with E-state index >= 15 is 0 Å². The Kier molecular flexibility index (Phi) is 4.07. The lowest BCUT2D eigenvalue weighted by molar-refractivity contribution is 0.450. The molecule has 0 saturated heterocycles. The zero-order valence-corrected chi connectivity index (χ0v) is 11.9. The summed E-state index contributed by atoms with van der Waals surface area (Å²) in [5, 5.41) is 28.5. The molecule has 0 saturated carbocycles. The summed E-state index contributed by atoms with van der Waals surface area (Å²) in [4.78, 5) is 11.5. The number of nitrogens with one attached hydrogen (secondary N) is 1. The summed E-state index contributed by atoms with van der Waals surface area (Å²) >= 11 is 16.2. The molecule has 0 bridgehead atoms. The van der Waals surface area contributed by atoms with Crippen LogP contribution in [0.3, 0.4) is 0 Å². The molecule has 0 radical (unpaired) electrons. The van der Waals surface area contributed by atoms with E-state index in [1.165, 1.54) is 6.07 Å². The smallest absolute Gasteiger partial charge is 0.293 e. The second-order valence-corrected chi connectivity index (χ2v) is 4.70. The number of hydrogen-bond donors (Lipinski definition) is 3. The van der Waals surface area contributed by atoms with Crippen LogP contribution in [0.1, 0.15) is 5.56 Å². The average molecular weight is 333 g/mol. The van der Waals surface area contributed by atoms with E-state index < -0.39 is 17.1 Å². The normalized spacial score (nSPS) is 11.1. The van der Waals surface area contributed by atoms with Gasteiger partial charge in [0.1, 0.15) is 17.0 Å². The Morgan fingerprint density at radius 2 is 2.10 bits per heavy atom. The Morgan fingerprint density at radius 1 is 1.40 bits per heavy atom. The maximum absolute atomic E-state index is 11.5. The van der Waals surface area contributed by atoms with Gasteiger partial charge in [0.2, 0.25) is 4.77 Å². The van der Waals surface area contributed by atoms with E-state index in [-0.39, 0.29) is 20.4 Å². The summed E-state index contributed by atoms with van der Waals surface area (Å²) in [6.45, 7) is 0. The summed E-state index contributed by atoms with van der Waals surface area (Å²) in [5.74, 6) is -0.865. The average Bonchev–Trinajstić information content (AvgIpc) is 2.41. The van der Waals surface area contributed by atoms with Crippen molar-refractivity contribution in [2.45, 2.75) is 0 Å². The highest BCUT2D eigenvalue weighted by molar-refractivity contribution is 7.71. The molecule has 3 N–H and O–H groups in total. The maximum Gasteiger partial charge on any atom is 0.293 e. The molecular weight excluding hydrogens is 327 g/mol. The Labute approximate surface area is 126 Å². The number of phenols is 2. The van der Waals surface area contributed by atoms with Gasteiger partial charge in [0, 0.05) is 5.56 Å². The zero-order chi connectivity index (χ0) is 14.9. The van der Waals surface area contributed by atoms with Crippen LogP contribution in [-0.2, 0) is 0 Å². The molecule has 0 fully saturated rings. The van der Waals surface area contributed by atoms with Crippen molar-refractivity contribution in [2.24, 2.45) is 5.10 Å². The third-order valence-corrected chi connectivity index (χ3v) is 3.16. The van der Waals surface area contributed by atoms with Crippen molar-refractivity contribution in [2.75, 3.05) is 0 Å². The maximum atomic E-state index is 11.5. The molecule has 1 aromatic heterocycles. The van der Waals surface area contributed by atoms with Crippen LogP contribution < -0.4 is 5.56 Å². The van der Waals surface area contributed by atoms with Gasteiger partial charge in [-0.25, -0.2) is 0 Å². The highest BCUT2D eigenvalue weighted by atomic mass is 35.5. The number of hydrogen-bond acceptors (Lipinski definition) is 6. The molecule has 2 aromatic rings. The molecule has 2 rings (SSSR count). The Balaban J connectivity index is 2.53. The van der Waals surface area contributed by atoms with Gasteiger partial charge < -0.3 is 10.2 Å². The number of phenolic OH excluding ortho intramolecular Hbond substituents is 2. The van der Waals surface area contributed by atoms with Crippen LogP contribution in [0.25, 0.3) is 0 Å². The van der Waals surface area contributed by atoms with E-state index in [4.69, 9.17) is 35.4 Å². The first-order chi connectivity index (χ1) is 9.41. The van der Waals surface area contributed by atoms with E-state index in [1.807, 2.05) is 0 Å². The van der Waals surface area contributed by atoms with Crippen LogP contribution in [0, 0.1) is 4.77 Å². The zero-order valence-electron chi connectivity index (χ0n) is 9.54. The van der Waals surface area contributed by atoms with Crippen molar-refractivity contribution < 1.29 is 10.2 Å². The van der Waals surface area contributed by atoms with E-state index in [0.29, 0.717) is 0 Å². The highest BCUT2D eigenvalue weighted by Gasteiger charge is 2.13. The fourth-order valence-electron chi connectivity index (χ4n) is 1.29. The van der Waals surface area contributed by atoms with Crippen LogP contribution in [-0.4, -0.2) is 31.3 Å². The van der Waals surface area contributed by atoms with Crippen molar-refractivity contribution in [3.8, 4) is 11.5 Å². The topological polar surface area (TPSA) is 104 Å². The number of benzene rings is 1. The third-order valence-electron chi connectivity index (χ3n) is 2.25. The van der Waals surface area contributed by atoms with Gasteiger partial charge >= 0.3 is 0 Å². The minimum Gasteiger partial charge on any atom is -0.506 e. The molecule has 0 spiro atoms. The Hall–Kier alpha value is -1.90. The lowest BCUT2D eigenvalue weighted by atomic mass is 10.2. The van der Waals surface area contributed by atoms with E-state index in [9.17, 15) is 15.0 Å². The van der Waals surface area contributed by atoms with Crippen LogP contribution in [0.5, 0.6) is 11.5 Å². The summed E-state index contributed by atoms with van der Waals surface area (Å²) in [7, 11) is 0. The highest BCUT2D eigenvalue weighted by Crippen LogP contribution is 2.40. The molecule has 7 nitrogen and oxygen atoms in total. The molecule has 0 aliphatic rings. The van der Waals surface area contributed by atoms with Crippen LogP contribution in [0.15, 0.2) is 22.2 Å². The molecule has 10 heteroatoms.